The highest BCUT2D eigenvalue weighted by atomic mass is 35.5. The van der Waals surface area contributed by atoms with Gasteiger partial charge in [0.1, 0.15) is 0 Å². The normalized spacial score (nSPS) is 9.64. The average Bonchev–Trinajstić information content (AvgIpc) is 2.18. The summed E-state index contributed by atoms with van der Waals surface area (Å²) in [5.41, 5.74) is 3.60. The molecule has 0 heterocycles. The Kier molecular flexibility index (Phi) is 4.54. The third-order valence-electron chi connectivity index (χ3n) is 1.90. The molecular formula is C12H16ClN. The van der Waals surface area contributed by atoms with E-state index in [0.29, 0.717) is 5.88 Å². The fourth-order valence-electron chi connectivity index (χ4n) is 1.14. The van der Waals surface area contributed by atoms with E-state index in [1.54, 1.807) is 0 Å². The van der Waals surface area contributed by atoms with Crippen LogP contribution in [-0.2, 0) is 5.88 Å². The van der Waals surface area contributed by atoms with Gasteiger partial charge >= 0.3 is 0 Å². The molecule has 76 valence electrons. The van der Waals surface area contributed by atoms with Gasteiger partial charge in [-0.15, -0.1) is 11.6 Å². The molecule has 0 spiro atoms. The molecule has 0 unspecified atom stereocenters. The van der Waals surface area contributed by atoms with Crippen molar-refractivity contribution in [3.05, 3.63) is 41.5 Å². The second-order valence-electron chi connectivity index (χ2n) is 3.50. The van der Waals surface area contributed by atoms with Gasteiger partial charge < -0.3 is 5.32 Å². The van der Waals surface area contributed by atoms with Gasteiger partial charge in [0.15, 0.2) is 0 Å². The number of nitrogens with one attached hydrogen (secondary N) is 1. The summed E-state index contributed by atoms with van der Waals surface area (Å²) in [6, 6.07) is 8.17. The van der Waals surface area contributed by atoms with Crippen LogP contribution in [0.2, 0.25) is 0 Å². The molecule has 1 aromatic carbocycles. The van der Waals surface area contributed by atoms with Crippen molar-refractivity contribution in [2.45, 2.75) is 19.7 Å². The Balaban J connectivity index is 2.54. The zero-order valence-corrected chi connectivity index (χ0v) is 9.43. The number of hydrogen-bond donors (Lipinski definition) is 1. The first kappa shape index (κ1) is 11.1. The summed E-state index contributed by atoms with van der Waals surface area (Å²) >= 11 is 5.74. The van der Waals surface area contributed by atoms with Crippen LogP contribution in [0.5, 0.6) is 0 Å². The highest BCUT2D eigenvalue weighted by Crippen LogP contribution is 2.12. The molecule has 1 rings (SSSR count). The summed E-state index contributed by atoms with van der Waals surface area (Å²) in [5.74, 6) is 0.568. The summed E-state index contributed by atoms with van der Waals surface area (Å²) in [6.07, 6.45) is 2.16. The van der Waals surface area contributed by atoms with E-state index in [-0.39, 0.29) is 0 Å². The molecular weight excluding hydrogens is 194 g/mol. The summed E-state index contributed by atoms with van der Waals surface area (Å²) < 4.78 is 0. The summed E-state index contributed by atoms with van der Waals surface area (Å²) in [6.45, 7) is 5.06. The average molecular weight is 210 g/mol. The Labute approximate surface area is 90.8 Å². The van der Waals surface area contributed by atoms with Crippen molar-refractivity contribution >= 4 is 17.3 Å². The van der Waals surface area contributed by atoms with Crippen molar-refractivity contribution in [3.8, 4) is 0 Å². The number of anilines is 1. The standard InChI is InChI=1S/C12H16ClN/c1-10(2)6-7-14-12-5-3-4-11(8-12)9-13/h3-6,8,14H,7,9H2,1-2H3. The van der Waals surface area contributed by atoms with Crippen LogP contribution in [0.25, 0.3) is 0 Å². The Morgan fingerprint density at radius 3 is 2.86 bits per heavy atom. The Hall–Kier alpha value is -0.950. The quantitative estimate of drug-likeness (QED) is 0.588. The molecule has 0 bridgehead atoms. The smallest absolute Gasteiger partial charge is 0.0474 e. The molecule has 0 aromatic heterocycles. The van der Waals surface area contributed by atoms with Crippen molar-refractivity contribution in [1.29, 1.82) is 0 Å². The van der Waals surface area contributed by atoms with Crippen molar-refractivity contribution in [2.75, 3.05) is 11.9 Å². The van der Waals surface area contributed by atoms with Gasteiger partial charge in [0, 0.05) is 18.1 Å². The van der Waals surface area contributed by atoms with Crippen molar-refractivity contribution in [1.82, 2.24) is 0 Å². The zero-order valence-electron chi connectivity index (χ0n) is 8.68. The molecule has 0 fully saturated rings. The monoisotopic (exact) mass is 209 g/mol. The third-order valence-corrected chi connectivity index (χ3v) is 2.21. The van der Waals surface area contributed by atoms with E-state index < -0.39 is 0 Å². The number of rotatable bonds is 4. The fraction of sp³-hybridized carbons (Fsp3) is 0.333. The Bertz CT molecular complexity index is 314. The van der Waals surface area contributed by atoms with Gasteiger partial charge in [-0.2, -0.15) is 0 Å². The van der Waals surface area contributed by atoms with Crippen LogP contribution in [0, 0.1) is 0 Å². The fourth-order valence-corrected chi connectivity index (χ4v) is 1.30. The molecule has 0 saturated carbocycles. The first-order valence-electron chi connectivity index (χ1n) is 4.74. The molecule has 0 atom stereocenters. The van der Waals surface area contributed by atoms with E-state index in [0.717, 1.165) is 17.8 Å². The van der Waals surface area contributed by atoms with Gasteiger partial charge in [-0.25, -0.2) is 0 Å². The maximum atomic E-state index is 5.74. The second-order valence-corrected chi connectivity index (χ2v) is 3.76. The lowest BCUT2D eigenvalue weighted by Gasteiger charge is -2.04. The van der Waals surface area contributed by atoms with Crippen molar-refractivity contribution < 1.29 is 0 Å². The van der Waals surface area contributed by atoms with Crippen molar-refractivity contribution in [3.63, 3.8) is 0 Å². The van der Waals surface area contributed by atoms with Gasteiger partial charge in [0.25, 0.3) is 0 Å². The molecule has 0 saturated heterocycles. The highest BCUT2D eigenvalue weighted by molar-refractivity contribution is 6.17. The van der Waals surface area contributed by atoms with E-state index in [1.165, 1.54) is 5.57 Å². The minimum absolute atomic E-state index is 0.568. The molecule has 0 radical (unpaired) electrons. The van der Waals surface area contributed by atoms with E-state index >= 15 is 0 Å². The minimum atomic E-state index is 0.568. The summed E-state index contributed by atoms with van der Waals surface area (Å²) in [5, 5.41) is 3.32. The van der Waals surface area contributed by atoms with Gasteiger partial charge in [-0.1, -0.05) is 23.8 Å². The molecule has 0 amide bonds. The van der Waals surface area contributed by atoms with Crippen LogP contribution >= 0.6 is 11.6 Å². The van der Waals surface area contributed by atoms with Gasteiger partial charge in [0.2, 0.25) is 0 Å². The first-order chi connectivity index (χ1) is 6.72. The highest BCUT2D eigenvalue weighted by Gasteiger charge is 1.92. The van der Waals surface area contributed by atoms with Gasteiger partial charge in [-0.3, -0.25) is 0 Å². The SMILES string of the molecule is CC(C)=CCNc1cccc(CCl)c1. The lowest BCUT2D eigenvalue weighted by Crippen LogP contribution is -1.98. The van der Waals surface area contributed by atoms with Crippen LogP contribution in [-0.4, -0.2) is 6.54 Å². The lowest BCUT2D eigenvalue weighted by molar-refractivity contribution is 1.26. The predicted molar refractivity (Wildman–Crippen MR) is 63.9 cm³/mol. The molecule has 1 N–H and O–H groups in total. The van der Waals surface area contributed by atoms with Crippen LogP contribution in [0.4, 0.5) is 5.69 Å². The third kappa shape index (κ3) is 3.84. The summed E-state index contributed by atoms with van der Waals surface area (Å²) in [4.78, 5) is 0. The number of alkyl halides is 1. The van der Waals surface area contributed by atoms with E-state index in [9.17, 15) is 0 Å². The number of hydrogen-bond acceptors (Lipinski definition) is 1. The van der Waals surface area contributed by atoms with Crippen LogP contribution in [0.1, 0.15) is 19.4 Å². The molecule has 2 heteroatoms. The van der Waals surface area contributed by atoms with Gasteiger partial charge in [-0.05, 0) is 31.5 Å². The lowest BCUT2D eigenvalue weighted by atomic mass is 10.2. The number of halogens is 1. The number of allylic oxidation sites excluding steroid dienone is 1. The molecule has 0 aliphatic heterocycles. The number of benzene rings is 1. The van der Waals surface area contributed by atoms with Crippen molar-refractivity contribution in [2.24, 2.45) is 0 Å². The first-order valence-corrected chi connectivity index (χ1v) is 5.28. The predicted octanol–water partition coefficient (Wildman–Crippen LogP) is 3.80. The van der Waals surface area contributed by atoms with Gasteiger partial charge in [0.05, 0.1) is 0 Å². The maximum absolute atomic E-state index is 5.74. The zero-order chi connectivity index (χ0) is 10.4. The molecule has 0 aliphatic carbocycles. The molecule has 0 aliphatic rings. The molecule has 1 aromatic rings. The van der Waals surface area contributed by atoms with E-state index in [2.05, 4.69) is 37.4 Å². The minimum Gasteiger partial charge on any atom is -0.382 e. The second kappa shape index (κ2) is 5.71. The Morgan fingerprint density at radius 1 is 1.43 bits per heavy atom. The summed E-state index contributed by atoms with van der Waals surface area (Å²) in [7, 11) is 0. The Morgan fingerprint density at radius 2 is 2.21 bits per heavy atom. The van der Waals surface area contributed by atoms with Crippen LogP contribution < -0.4 is 5.32 Å². The van der Waals surface area contributed by atoms with E-state index in [4.69, 9.17) is 11.6 Å². The molecule has 14 heavy (non-hydrogen) atoms. The topological polar surface area (TPSA) is 12.0 Å². The van der Waals surface area contributed by atoms with Crippen LogP contribution in [0.15, 0.2) is 35.9 Å². The largest absolute Gasteiger partial charge is 0.382 e. The van der Waals surface area contributed by atoms with Crippen LogP contribution in [0.3, 0.4) is 0 Å². The van der Waals surface area contributed by atoms with E-state index in [1.807, 2.05) is 12.1 Å². The maximum Gasteiger partial charge on any atom is 0.0474 e. The molecule has 1 nitrogen and oxygen atoms in total.